The fourth-order valence-electron chi connectivity index (χ4n) is 2.18. The molecule has 1 aliphatic heterocycles. The molecule has 16 heavy (non-hydrogen) atoms. The maximum Gasteiger partial charge on any atom is 0.132 e. The summed E-state index contributed by atoms with van der Waals surface area (Å²) < 4.78 is 5.80. The lowest BCUT2D eigenvalue weighted by Crippen LogP contribution is -2.26. The average molecular weight is 215 g/mol. The van der Waals surface area contributed by atoms with Crippen LogP contribution >= 0.6 is 0 Å². The van der Waals surface area contributed by atoms with Crippen LogP contribution in [0.3, 0.4) is 0 Å². The summed E-state index contributed by atoms with van der Waals surface area (Å²) in [4.78, 5) is 4.30. The lowest BCUT2D eigenvalue weighted by Gasteiger charge is -2.25. The minimum atomic E-state index is -0.0710. The third kappa shape index (κ3) is 1.44. The summed E-state index contributed by atoms with van der Waals surface area (Å²) in [7, 11) is 0. The number of nitrogens with zero attached hydrogens (tertiary/aromatic N) is 1. The van der Waals surface area contributed by atoms with E-state index in [9.17, 15) is 0 Å². The van der Waals surface area contributed by atoms with E-state index in [0.717, 1.165) is 29.5 Å². The SMILES string of the molecule is OCC1CCc2ccc3ncccc3c2O1. The van der Waals surface area contributed by atoms with Crippen molar-refractivity contribution in [1.29, 1.82) is 0 Å². The molecule has 2 aromatic rings. The second-order valence-electron chi connectivity index (χ2n) is 4.09. The number of aromatic nitrogens is 1. The molecule has 3 nitrogen and oxygen atoms in total. The first-order chi connectivity index (χ1) is 7.88. The number of rotatable bonds is 1. The molecule has 0 fully saturated rings. The second-order valence-corrected chi connectivity index (χ2v) is 4.09. The molecule has 0 saturated carbocycles. The molecule has 0 saturated heterocycles. The van der Waals surface area contributed by atoms with E-state index in [0.29, 0.717) is 0 Å². The third-order valence-electron chi connectivity index (χ3n) is 3.04. The van der Waals surface area contributed by atoms with Crippen LogP contribution in [0.5, 0.6) is 5.75 Å². The quantitative estimate of drug-likeness (QED) is 0.790. The monoisotopic (exact) mass is 215 g/mol. The van der Waals surface area contributed by atoms with E-state index in [1.54, 1.807) is 6.20 Å². The highest BCUT2D eigenvalue weighted by Gasteiger charge is 2.20. The summed E-state index contributed by atoms with van der Waals surface area (Å²) >= 11 is 0. The maximum atomic E-state index is 9.15. The van der Waals surface area contributed by atoms with Crippen molar-refractivity contribution in [3.05, 3.63) is 36.0 Å². The zero-order chi connectivity index (χ0) is 11.0. The smallest absolute Gasteiger partial charge is 0.132 e. The molecule has 3 heteroatoms. The molecule has 0 amide bonds. The van der Waals surface area contributed by atoms with Gasteiger partial charge in [0.05, 0.1) is 12.1 Å². The molecule has 1 aromatic heterocycles. The second kappa shape index (κ2) is 3.76. The Morgan fingerprint density at radius 2 is 2.31 bits per heavy atom. The van der Waals surface area contributed by atoms with Gasteiger partial charge >= 0.3 is 0 Å². The van der Waals surface area contributed by atoms with Crippen LogP contribution in [-0.2, 0) is 6.42 Å². The Hall–Kier alpha value is -1.61. The first kappa shape index (κ1) is 9.60. The number of aryl methyl sites for hydroxylation is 1. The number of hydrogen-bond donors (Lipinski definition) is 1. The van der Waals surface area contributed by atoms with E-state index >= 15 is 0 Å². The van der Waals surface area contributed by atoms with Crippen molar-refractivity contribution in [2.24, 2.45) is 0 Å². The highest BCUT2D eigenvalue weighted by molar-refractivity contribution is 5.86. The van der Waals surface area contributed by atoms with E-state index < -0.39 is 0 Å². The number of hydrogen-bond acceptors (Lipinski definition) is 3. The Morgan fingerprint density at radius 3 is 3.19 bits per heavy atom. The number of pyridine rings is 1. The summed E-state index contributed by atoms with van der Waals surface area (Å²) in [5, 5.41) is 10.2. The number of benzene rings is 1. The number of aliphatic hydroxyl groups excluding tert-OH is 1. The normalized spacial score (nSPS) is 19.2. The van der Waals surface area contributed by atoms with Gasteiger partial charge in [0.25, 0.3) is 0 Å². The maximum absolute atomic E-state index is 9.15. The molecule has 1 aliphatic rings. The Morgan fingerprint density at radius 1 is 1.38 bits per heavy atom. The molecule has 1 atom stereocenters. The lowest BCUT2D eigenvalue weighted by molar-refractivity contribution is 0.0994. The van der Waals surface area contributed by atoms with Gasteiger partial charge < -0.3 is 9.84 Å². The van der Waals surface area contributed by atoms with Gasteiger partial charge in [0, 0.05) is 11.6 Å². The van der Waals surface area contributed by atoms with Crippen LogP contribution in [0.4, 0.5) is 0 Å². The predicted molar refractivity (Wildman–Crippen MR) is 61.6 cm³/mol. The van der Waals surface area contributed by atoms with E-state index in [2.05, 4.69) is 11.1 Å². The van der Waals surface area contributed by atoms with Gasteiger partial charge in [-0.1, -0.05) is 6.07 Å². The Bertz CT molecular complexity index is 524. The van der Waals surface area contributed by atoms with Crippen molar-refractivity contribution >= 4 is 10.9 Å². The van der Waals surface area contributed by atoms with Crippen molar-refractivity contribution in [2.45, 2.75) is 18.9 Å². The van der Waals surface area contributed by atoms with Crippen LogP contribution in [0.15, 0.2) is 30.5 Å². The van der Waals surface area contributed by atoms with Gasteiger partial charge in [0.2, 0.25) is 0 Å². The fourth-order valence-corrected chi connectivity index (χ4v) is 2.18. The van der Waals surface area contributed by atoms with Gasteiger partial charge in [-0.2, -0.15) is 0 Å². The number of fused-ring (bicyclic) bond motifs is 3. The molecule has 0 bridgehead atoms. The molecular weight excluding hydrogens is 202 g/mol. The van der Waals surface area contributed by atoms with Gasteiger partial charge in [-0.15, -0.1) is 0 Å². The minimum absolute atomic E-state index is 0.0710. The van der Waals surface area contributed by atoms with E-state index in [1.807, 2.05) is 18.2 Å². The molecule has 0 aliphatic carbocycles. The summed E-state index contributed by atoms with van der Waals surface area (Å²) in [5.74, 6) is 0.899. The predicted octanol–water partition coefficient (Wildman–Crippen LogP) is 1.92. The molecular formula is C13H13NO2. The molecule has 82 valence electrons. The van der Waals surface area contributed by atoms with Crippen molar-refractivity contribution in [2.75, 3.05) is 6.61 Å². The first-order valence-electron chi connectivity index (χ1n) is 5.52. The van der Waals surface area contributed by atoms with Gasteiger partial charge in [-0.3, -0.25) is 4.98 Å². The van der Waals surface area contributed by atoms with Gasteiger partial charge in [0.1, 0.15) is 11.9 Å². The standard InChI is InChI=1S/C13H13NO2/c15-8-10-5-3-9-4-6-12-11(13(9)16-10)2-1-7-14-12/h1-2,4,6-7,10,15H,3,5,8H2. The highest BCUT2D eigenvalue weighted by atomic mass is 16.5. The van der Waals surface area contributed by atoms with Crippen molar-refractivity contribution in [3.8, 4) is 5.75 Å². The van der Waals surface area contributed by atoms with Crippen LogP contribution in [0.1, 0.15) is 12.0 Å². The Balaban J connectivity index is 2.17. The molecule has 0 spiro atoms. The first-order valence-corrected chi connectivity index (χ1v) is 5.52. The molecule has 1 unspecified atom stereocenters. The summed E-state index contributed by atoms with van der Waals surface area (Å²) in [6.45, 7) is 0.0795. The lowest BCUT2D eigenvalue weighted by atomic mass is 10.00. The zero-order valence-electron chi connectivity index (χ0n) is 8.89. The van der Waals surface area contributed by atoms with Crippen LogP contribution < -0.4 is 4.74 Å². The van der Waals surface area contributed by atoms with Gasteiger partial charge in [0.15, 0.2) is 0 Å². The fraction of sp³-hybridized carbons (Fsp3) is 0.308. The molecule has 0 radical (unpaired) electrons. The highest BCUT2D eigenvalue weighted by Crippen LogP contribution is 2.34. The largest absolute Gasteiger partial charge is 0.487 e. The molecule has 1 N–H and O–H groups in total. The third-order valence-corrected chi connectivity index (χ3v) is 3.04. The van der Waals surface area contributed by atoms with Crippen LogP contribution in [-0.4, -0.2) is 22.8 Å². The Labute approximate surface area is 93.7 Å². The zero-order valence-corrected chi connectivity index (χ0v) is 8.89. The van der Waals surface area contributed by atoms with Crippen molar-refractivity contribution < 1.29 is 9.84 Å². The molecule has 3 rings (SSSR count). The van der Waals surface area contributed by atoms with Crippen LogP contribution in [0, 0.1) is 0 Å². The van der Waals surface area contributed by atoms with Crippen molar-refractivity contribution in [1.82, 2.24) is 4.98 Å². The topological polar surface area (TPSA) is 42.4 Å². The van der Waals surface area contributed by atoms with E-state index in [-0.39, 0.29) is 12.7 Å². The summed E-state index contributed by atoms with van der Waals surface area (Å²) in [6.07, 6.45) is 3.56. The average Bonchev–Trinajstić information content (AvgIpc) is 2.38. The van der Waals surface area contributed by atoms with Gasteiger partial charge in [-0.25, -0.2) is 0 Å². The minimum Gasteiger partial charge on any atom is -0.487 e. The van der Waals surface area contributed by atoms with Crippen LogP contribution in [0.2, 0.25) is 0 Å². The summed E-state index contributed by atoms with van der Waals surface area (Å²) in [5.41, 5.74) is 2.16. The summed E-state index contributed by atoms with van der Waals surface area (Å²) in [6, 6.07) is 8.02. The molecule has 2 heterocycles. The molecule has 1 aromatic carbocycles. The van der Waals surface area contributed by atoms with Gasteiger partial charge in [-0.05, 0) is 36.6 Å². The van der Waals surface area contributed by atoms with E-state index in [4.69, 9.17) is 9.84 Å². The number of aliphatic hydroxyl groups is 1. The van der Waals surface area contributed by atoms with Crippen LogP contribution in [0.25, 0.3) is 10.9 Å². The Kier molecular flexibility index (Phi) is 2.26. The van der Waals surface area contributed by atoms with Crippen molar-refractivity contribution in [3.63, 3.8) is 0 Å². The number of ether oxygens (including phenoxy) is 1. The van der Waals surface area contributed by atoms with E-state index in [1.165, 1.54) is 5.56 Å².